The highest BCUT2D eigenvalue weighted by Gasteiger charge is 2.41. The number of aliphatic hydroxyl groups is 1. The molecule has 7 heteroatoms. The van der Waals surface area contributed by atoms with E-state index >= 15 is 0 Å². The number of benzene rings is 3. The summed E-state index contributed by atoms with van der Waals surface area (Å²) in [6.45, 7) is 5.64. The van der Waals surface area contributed by atoms with Crippen molar-refractivity contribution in [3.05, 3.63) is 101 Å². The van der Waals surface area contributed by atoms with Crippen molar-refractivity contribution < 1.29 is 23.4 Å². The van der Waals surface area contributed by atoms with Crippen LogP contribution in [0.2, 0.25) is 0 Å². The number of halogens is 2. The molecule has 0 spiro atoms. The Morgan fingerprint density at radius 2 is 1.50 bits per heavy atom. The lowest BCUT2D eigenvalue weighted by atomic mass is 9.72. The summed E-state index contributed by atoms with van der Waals surface area (Å²) in [6, 6.07) is 19.8. The van der Waals surface area contributed by atoms with Crippen molar-refractivity contribution in [1.82, 2.24) is 4.90 Å². The van der Waals surface area contributed by atoms with E-state index in [2.05, 4.69) is 10.2 Å². The average Bonchev–Trinajstić information content (AvgIpc) is 2.93. The quantitative estimate of drug-likeness (QED) is 0.257. The molecule has 3 aromatic carbocycles. The second-order valence-electron chi connectivity index (χ2n) is 9.86. The number of nitrogens with one attached hydrogen (secondary N) is 1. The molecular formula is C31H36F2N2O3. The van der Waals surface area contributed by atoms with Crippen molar-refractivity contribution in [1.29, 1.82) is 0 Å². The third kappa shape index (κ3) is 6.97. The van der Waals surface area contributed by atoms with Gasteiger partial charge in [-0.25, -0.2) is 8.78 Å². The Labute approximate surface area is 223 Å². The van der Waals surface area contributed by atoms with Gasteiger partial charge < -0.3 is 20.1 Å². The van der Waals surface area contributed by atoms with Crippen molar-refractivity contribution in [2.75, 3.05) is 38.1 Å². The van der Waals surface area contributed by atoms with Crippen LogP contribution in [-0.2, 0) is 21.6 Å². The Morgan fingerprint density at radius 1 is 0.947 bits per heavy atom. The van der Waals surface area contributed by atoms with Crippen LogP contribution in [0, 0.1) is 17.6 Å². The number of esters is 1. The predicted octanol–water partition coefficient (Wildman–Crippen LogP) is 5.52. The first kappa shape index (κ1) is 27.7. The van der Waals surface area contributed by atoms with Crippen LogP contribution in [0.25, 0.3) is 0 Å². The highest BCUT2D eigenvalue weighted by molar-refractivity contribution is 5.72. The van der Waals surface area contributed by atoms with Crippen LogP contribution in [0.4, 0.5) is 14.5 Å². The van der Waals surface area contributed by atoms with E-state index in [0.29, 0.717) is 17.7 Å². The molecule has 0 radical (unpaired) electrons. The van der Waals surface area contributed by atoms with Gasteiger partial charge >= 0.3 is 5.97 Å². The maximum Gasteiger partial charge on any atom is 0.310 e. The maximum atomic E-state index is 13.6. The van der Waals surface area contributed by atoms with Gasteiger partial charge in [-0.05, 0) is 105 Å². The molecule has 1 fully saturated rings. The number of nitrogens with zero attached hydrogens (tertiary/aromatic N) is 1. The number of ether oxygens (including phenoxy) is 1. The topological polar surface area (TPSA) is 61.8 Å². The van der Waals surface area contributed by atoms with E-state index in [9.17, 15) is 18.7 Å². The molecule has 0 atom stereocenters. The second kappa shape index (κ2) is 13.0. The molecule has 5 nitrogen and oxygen atoms in total. The summed E-state index contributed by atoms with van der Waals surface area (Å²) < 4.78 is 32.2. The normalized spacial score (nSPS) is 14.8. The van der Waals surface area contributed by atoms with E-state index in [-0.39, 0.29) is 29.9 Å². The van der Waals surface area contributed by atoms with Gasteiger partial charge in [-0.1, -0.05) is 36.4 Å². The van der Waals surface area contributed by atoms with Crippen molar-refractivity contribution in [3.8, 4) is 0 Å². The fraction of sp³-hybridized carbons (Fsp3) is 0.387. The summed E-state index contributed by atoms with van der Waals surface area (Å²) in [4.78, 5) is 14.0. The molecule has 4 rings (SSSR count). The van der Waals surface area contributed by atoms with E-state index in [1.165, 1.54) is 24.3 Å². The zero-order valence-electron chi connectivity index (χ0n) is 21.8. The Morgan fingerprint density at radius 3 is 2.03 bits per heavy atom. The van der Waals surface area contributed by atoms with E-state index in [1.54, 1.807) is 31.2 Å². The van der Waals surface area contributed by atoms with Crippen molar-refractivity contribution in [2.24, 2.45) is 5.92 Å². The van der Waals surface area contributed by atoms with Crippen LogP contribution in [-0.4, -0.2) is 48.8 Å². The molecule has 0 amide bonds. The zero-order chi connectivity index (χ0) is 27.0. The summed E-state index contributed by atoms with van der Waals surface area (Å²) in [7, 11) is 0. The van der Waals surface area contributed by atoms with Crippen LogP contribution < -0.4 is 5.32 Å². The number of anilines is 1. The fourth-order valence-electron chi connectivity index (χ4n) is 5.27. The summed E-state index contributed by atoms with van der Waals surface area (Å²) in [5, 5.41) is 15.4. The third-order valence-electron chi connectivity index (χ3n) is 7.34. The SMILES string of the molecule is CCOC(=O)Cc1ccc(NCCCN2CCC(C(O)(c3ccc(F)cc3)c3ccc(F)cc3)CC2)cc1. The summed E-state index contributed by atoms with van der Waals surface area (Å²) in [5.74, 6) is -0.996. The number of carbonyl (C=O) groups excluding carboxylic acids is 1. The largest absolute Gasteiger partial charge is 0.466 e. The number of rotatable bonds is 11. The summed E-state index contributed by atoms with van der Waals surface area (Å²) >= 11 is 0. The van der Waals surface area contributed by atoms with E-state index in [1.807, 2.05) is 24.3 Å². The molecule has 0 aromatic heterocycles. The molecule has 0 aliphatic carbocycles. The molecule has 0 bridgehead atoms. The smallest absolute Gasteiger partial charge is 0.310 e. The van der Waals surface area contributed by atoms with E-state index < -0.39 is 5.60 Å². The maximum absolute atomic E-state index is 13.6. The third-order valence-corrected chi connectivity index (χ3v) is 7.34. The molecule has 1 aliphatic heterocycles. The zero-order valence-corrected chi connectivity index (χ0v) is 21.8. The van der Waals surface area contributed by atoms with Gasteiger partial charge in [-0.3, -0.25) is 4.79 Å². The minimum atomic E-state index is -1.31. The van der Waals surface area contributed by atoms with Crippen LogP contribution in [0.1, 0.15) is 42.9 Å². The van der Waals surface area contributed by atoms with Crippen LogP contribution >= 0.6 is 0 Å². The number of hydrogen-bond donors (Lipinski definition) is 2. The Bertz CT molecular complexity index is 1110. The highest BCUT2D eigenvalue weighted by atomic mass is 19.1. The molecule has 38 heavy (non-hydrogen) atoms. The van der Waals surface area contributed by atoms with E-state index in [4.69, 9.17) is 4.74 Å². The molecule has 2 N–H and O–H groups in total. The lowest BCUT2D eigenvalue weighted by Gasteiger charge is -2.42. The van der Waals surface area contributed by atoms with Crippen LogP contribution in [0.15, 0.2) is 72.8 Å². The number of hydrogen-bond acceptors (Lipinski definition) is 5. The average molecular weight is 523 g/mol. The fourth-order valence-corrected chi connectivity index (χ4v) is 5.27. The first-order chi connectivity index (χ1) is 18.4. The first-order valence-electron chi connectivity index (χ1n) is 13.3. The van der Waals surface area contributed by atoms with Crippen molar-refractivity contribution in [2.45, 2.75) is 38.2 Å². The van der Waals surface area contributed by atoms with Crippen molar-refractivity contribution in [3.63, 3.8) is 0 Å². The lowest BCUT2D eigenvalue weighted by molar-refractivity contribution is -0.142. The summed E-state index contributed by atoms with van der Waals surface area (Å²) in [5.41, 5.74) is 1.88. The predicted molar refractivity (Wildman–Crippen MR) is 145 cm³/mol. The molecule has 0 unspecified atom stereocenters. The molecule has 3 aromatic rings. The van der Waals surface area contributed by atoms with Gasteiger partial charge in [-0.2, -0.15) is 0 Å². The second-order valence-corrected chi connectivity index (χ2v) is 9.86. The van der Waals surface area contributed by atoms with Gasteiger partial charge in [0.15, 0.2) is 0 Å². The lowest BCUT2D eigenvalue weighted by Crippen LogP contribution is -2.44. The van der Waals surface area contributed by atoms with Gasteiger partial charge in [0.1, 0.15) is 17.2 Å². The van der Waals surface area contributed by atoms with Crippen LogP contribution in [0.5, 0.6) is 0 Å². The minimum Gasteiger partial charge on any atom is -0.466 e. The Hall–Kier alpha value is -3.29. The van der Waals surface area contributed by atoms with Crippen LogP contribution in [0.3, 0.4) is 0 Å². The van der Waals surface area contributed by atoms with Gasteiger partial charge in [0.25, 0.3) is 0 Å². The van der Waals surface area contributed by atoms with E-state index in [0.717, 1.165) is 56.7 Å². The minimum absolute atomic E-state index is 0.0686. The summed E-state index contributed by atoms with van der Waals surface area (Å²) in [6.07, 6.45) is 2.80. The first-order valence-corrected chi connectivity index (χ1v) is 13.3. The van der Waals surface area contributed by atoms with Gasteiger partial charge in [-0.15, -0.1) is 0 Å². The number of likely N-dealkylation sites (tertiary alicyclic amines) is 1. The Kier molecular flexibility index (Phi) is 9.48. The molecule has 1 aliphatic rings. The standard InChI is InChI=1S/C31H36F2N2O3/c1-2-38-30(36)22-23-4-14-29(15-5-23)34-18-3-19-35-20-16-26(17-21-35)31(37,24-6-10-27(32)11-7-24)25-8-12-28(33)13-9-25/h4-15,26,34,37H,2-3,16-22H2,1H3. The number of piperidine rings is 1. The number of carbonyl (C=O) groups is 1. The molecule has 1 heterocycles. The van der Waals surface area contributed by atoms with Crippen molar-refractivity contribution >= 4 is 11.7 Å². The molecule has 0 saturated carbocycles. The monoisotopic (exact) mass is 522 g/mol. The molecular weight excluding hydrogens is 486 g/mol. The Balaban J connectivity index is 1.28. The van der Waals surface area contributed by atoms with Gasteiger partial charge in [0.2, 0.25) is 0 Å². The van der Waals surface area contributed by atoms with Gasteiger partial charge in [0.05, 0.1) is 13.0 Å². The molecule has 1 saturated heterocycles. The molecule has 202 valence electrons. The highest BCUT2D eigenvalue weighted by Crippen LogP contribution is 2.42. The van der Waals surface area contributed by atoms with Gasteiger partial charge in [0, 0.05) is 12.2 Å².